The first kappa shape index (κ1) is 12.0. The van der Waals surface area contributed by atoms with Crippen LogP contribution in [0.15, 0.2) is 18.5 Å². The molecule has 0 unspecified atom stereocenters. The van der Waals surface area contributed by atoms with Gasteiger partial charge in [0.25, 0.3) is 5.91 Å². The number of hydrogen-bond acceptors (Lipinski definition) is 3. The lowest BCUT2D eigenvalue weighted by atomic mass is 10.2. The van der Waals surface area contributed by atoms with E-state index in [0.717, 1.165) is 12.7 Å². The maximum Gasteiger partial charge on any atom is 0.254 e. The molecule has 0 bridgehead atoms. The Bertz CT molecular complexity index is 406. The maximum atomic E-state index is 13.2. The number of nitrogens with zero attached hydrogens (tertiary/aromatic N) is 2. The van der Waals surface area contributed by atoms with Crippen molar-refractivity contribution in [3.8, 4) is 0 Å². The van der Waals surface area contributed by atoms with Crippen molar-refractivity contribution < 1.29 is 9.18 Å². The third-order valence-corrected chi connectivity index (χ3v) is 2.94. The molecule has 4 nitrogen and oxygen atoms in total. The molecule has 1 aliphatic rings. The Morgan fingerprint density at radius 1 is 1.65 bits per heavy atom. The van der Waals surface area contributed by atoms with Crippen LogP contribution in [0.2, 0.25) is 0 Å². The molecule has 0 aliphatic heterocycles. The molecule has 1 aromatic heterocycles. The van der Waals surface area contributed by atoms with Gasteiger partial charge in [0.05, 0.1) is 11.8 Å². The van der Waals surface area contributed by atoms with Gasteiger partial charge in [-0.1, -0.05) is 0 Å². The average molecular weight is 237 g/mol. The van der Waals surface area contributed by atoms with Gasteiger partial charge in [-0.05, 0) is 26.0 Å². The van der Waals surface area contributed by atoms with Gasteiger partial charge in [0.1, 0.15) is 0 Å². The highest BCUT2D eigenvalue weighted by Crippen LogP contribution is 2.24. The monoisotopic (exact) mass is 237 g/mol. The van der Waals surface area contributed by atoms with Crippen molar-refractivity contribution in [1.82, 2.24) is 15.2 Å². The van der Waals surface area contributed by atoms with Gasteiger partial charge >= 0.3 is 0 Å². The van der Waals surface area contributed by atoms with E-state index in [4.69, 9.17) is 0 Å². The first-order valence-corrected chi connectivity index (χ1v) is 5.76. The number of likely N-dealkylation sites (N-methyl/N-ethyl adjacent to an activating group) is 1. The molecule has 1 aliphatic carbocycles. The van der Waals surface area contributed by atoms with Crippen LogP contribution >= 0.6 is 0 Å². The topological polar surface area (TPSA) is 45.2 Å². The van der Waals surface area contributed by atoms with Gasteiger partial charge in [-0.2, -0.15) is 0 Å². The van der Waals surface area contributed by atoms with Gasteiger partial charge in [0, 0.05) is 25.3 Å². The molecule has 17 heavy (non-hydrogen) atoms. The van der Waals surface area contributed by atoms with E-state index in [-0.39, 0.29) is 11.5 Å². The molecule has 1 N–H and O–H groups in total. The van der Waals surface area contributed by atoms with E-state index in [1.54, 1.807) is 0 Å². The van der Waals surface area contributed by atoms with Crippen LogP contribution in [0.3, 0.4) is 0 Å². The van der Waals surface area contributed by atoms with Gasteiger partial charge < -0.3 is 10.2 Å². The van der Waals surface area contributed by atoms with Crippen LogP contribution in [-0.4, -0.2) is 42.0 Å². The smallest absolute Gasteiger partial charge is 0.254 e. The van der Waals surface area contributed by atoms with E-state index in [0.29, 0.717) is 12.6 Å². The highest BCUT2D eigenvalue weighted by atomic mass is 19.1. The Balaban J connectivity index is 1.79. The minimum absolute atomic E-state index is 0.0501. The average Bonchev–Trinajstić information content (AvgIpc) is 3.13. The third-order valence-electron chi connectivity index (χ3n) is 2.94. The van der Waals surface area contributed by atoms with Crippen LogP contribution in [0, 0.1) is 5.82 Å². The van der Waals surface area contributed by atoms with E-state index in [1.807, 2.05) is 7.05 Å². The van der Waals surface area contributed by atoms with Crippen LogP contribution in [-0.2, 0) is 0 Å². The molecule has 0 atom stereocenters. The molecule has 1 heterocycles. The van der Waals surface area contributed by atoms with Crippen molar-refractivity contribution >= 4 is 5.91 Å². The van der Waals surface area contributed by atoms with Crippen molar-refractivity contribution in [2.45, 2.75) is 18.9 Å². The predicted molar refractivity (Wildman–Crippen MR) is 62.2 cm³/mol. The van der Waals surface area contributed by atoms with Crippen molar-refractivity contribution in [1.29, 1.82) is 0 Å². The zero-order valence-corrected chi connectivity index (χ0v) is 9.82. The fourth-order valence-corrected chi connectivity index (χ4v) is 1.70. The number of carbonyl (C=O) groups excluding carboxylic acids is 1. The number of rotatable bonds is 5. The Kier molecular flexibility index (Phi) is 3.68. The van der Waals surface area contributed by atoms with Crippen LogP contribution in [0.1, 0.15) is 23.2 Å². The molecular weight excluding hydrogens is 221 g/mol. The summed E-state index contributed by atoms with van der Waals surface area (Å²) in [5.41, 5.74) is 0.0501. The Hall–Kier alpha value is -1.49. The Labute approximate surface area is 99.8 Å². The molecule has 1 fully saturated rings. The number of aromatic nitrogens is 1. The molecule has 0 saturated heterocycles. The second-order valence-corrected chi connectivity index (χ2v) is 4.32. The highest BCUT2D eigenvalue weighted by Gasteiger charge is 2.25. The summed E-state index contributed by atoms with van der Waals surface area (Å²) in [5.74, 6) is -0.963. The summed E-state index contributed by atoms with van der Waals surface area (Å²) in [6.45, 7) is 1.33. The van der Waals surface area contributed by atoms with Gasteiger partial charge in [-0.3, -0.25) is 9.78 Å². The fraction of sp³-hybridized carbons (Fsp3) is 0.500. The molecule has 92 valence electrons. The molecule has 0 radical (unpaired) electrons. The first-order valence-electron chi connectivity index (χ1n) is 5.76. The molecule has 2 rings (SSSR count). The summed E-state index contributed by atoms with van der Waals surface area (Å²) >= 11 is 0. The van der Waals surface area contributed by atoms with E-state index >= 15 is 0 Å². The summed E-state index contributed by atoms with van der Waals surface area (Å²) in [7, 11) is 2.04. The molecule has 0 aromatic carbocycles. The zero-order chi connectivity index (χ0) is 12.3. The van der Waals surface area contributed by atoms with Gasteiger partial charge in [-0.25, -0.2) is 4.39 Å². The van der Waals surface area contributed by atoms with Crippen molar-refractivity contribution in [2.75, 3.05) is 20.1 Å². The molecule has 1 saturated carbocycles. The van der Waals surface area contributed by atoms with E-state index in [1.165, 1.54) is 25.1 Å². The van der Waals surface area contributed by atoms with Crippen molar-refractivity contribution in [3.63, 3.8) is 0 Å². The van der Waals surface area contributed by atoms with E-state index < -0.39 is 5.82 Å². The summed E-state index contributed by atoms with van der Waals surface area (Å²) < 4.78 is 13.2. The lowest BCUT2D eigenvalue weighted by Crippen LogP contribution is -2.34. The SMILES string of the molecule is CN(CCNC(=O)c1ccncc1F)C1CC1. The van der Waals surface area contributed by atoms with Crippen molar-refractivity contribution in [2.24, 2.45) is 0 Å². The van der Waals surface area contributed by atoms with Crippen LogP contribution in [0.4, 0.5) is 4.39 Å². The number of amides is 1. The Morgan fingerprint density at radius 2 is 2.41 bits per heavy atom. The maximum absolute atomic E-state index is 13.2. The number of nitrogens with one attached hydrogen (secondary N) is 1. The lowest BCUT2D eigenvalue weighted by molar-refractivity contribution is 0.0945. The summed E-state index contributed by atoms with van der Waals surface area (Å²) in [6, 6.07) is 2.06. The molecular formula is C12H16FN3O. The lowest BCUT2D eigenvalue weighted by Gasteiger charge is -2.15. The van der Waals surface area contributed by atoms with E-state index in [9.17, 15) is 9.18 Å². The molecule has 0 spiro atoms. The number of hydrogen-bond donors (Lipinski definition) is 1. The Morgan fingerprint density at radius 3 is 3.06 bits per heavy atom. The highest BCUT2D eigenvalue weighted by molar-refractivity contribution is 5.94. The number of halogens is 1. The van der Waals surface area contributed by atoms with Crippen LogP contribution in [0.5, 0.6) is 0 Å². The normalized spacial score (nSPS) is 15.0. The second kappa shape index (κ2) is 5.23. The van der Waals surface area contributed by atoms with Gasteiger partial charge in [0.2, 0.25) is 0 Å². The summed E-state index contributed by atoms with van der Waals surface area (Å²) in [5, 5.41) is 2.70. The van der Waals surface area contributed by atoms with E-state index in [2.05, 4.69) is 15.2 Å². The first-order chi connectivity index (χ1) is 8.18. The second-order valence-electron chi connectivity index (χ2n) is 4.32. The molecule has 5 heteroatoms. The standard InChI is InChI=1S/C12H16FN3O/c1-16(9-2-3-9)7-6-15-12(17)10-4-5-14-8-11(10)13/h4-5,8-9H,2-3,6-7H2,1H3,(H,15,17). The predicted octanol–water partition coefficient (Wildman–Crippen LogP) is 1.04. The third kappa shape index (κ3) is 3.23. The minimum atomic E-state index is -0.583. The largest absolute Gasteiger partial charge is 0.351 e. The van der Waals surface area contributed by atoms with Crippen LogP contribution in [0.25, 0.3) is 0 Å². The van der Waals surface area contributed by atoms with Gasteiger partial charge in [-0.15, -0.1) is 0 Å². The van der Waals surface area contributed by atoms with Gasteiger partial charge in [0.15, 0.2) is 5.82 Å². The van der Waals surface area contributed by atoms with Crippen LogP contribution < -0.4 is 5.32 Å². The summed E-state index contributed by atoms with van der Waals surface area (Å²) in [4.78, 5) is 17.5. The summed E-state index contributed by atoms with van der Waals surface area (Å²) in [6.07, 6.45) is 4.94. The molecule has 1 amide bonds. The minimum Gasteiger partial charge on any atom is -0.351 e. The number of carbonyl (C=O) groups is 1. The van der Waals surface area contributed by atoms with Crippen molar-refractivity contribution in [3.05, 3.63) is 29.8 Å². The molecule has 1 aromatic rings. The number of pyridine rings is 1. The fourth-order valence-electron chi connectivity index (χ4n) is 1.70. The zero-order valence-electron chi connectivity index (χ0n) is 9.82. The quantitative estimate of drug-likeness (QED) is 0.832.